The normalized spacial score (nSPS) is 11.3. The monoisotopic (exact) mass is 252 g/mol. The van der Waals surface area contributed by atoms with Crippen LogP contribution in [0.25, 0.3) is 0 Å². The average Bonchev–Trinajstić information content (AvgIpc) is 2.41. The van der Waals surface area contributed by atoms with Crippen molar-refractivity contribution in [2.24, 2.45) is 11.1 Å². The summed E-state index contributed by atoms with van der Waals surface area (Å²) in [6.07, 6.45) is 1.75. The highest BCUT2D eigenvalue weighted by molar-refractivity contribution is 5.90. The van der Waals surface area contributed by atoms with Gasteiger partial charge in [-0.2, -0.15) is 0 Å². The summed E-state index contributed by atoms with van der Waals surface area (Å²) in [5.74, 6) is -0.0272. The molecule has 1 rings (SSSR count). The first kappa shape index (κ1) is 14.4. The fourth-order valence-corrected chi connectivity index (χ4v) is 1.62. The van der Waals surface area contributed by atoms with Gasteiger partial charge in [0.25, 0.3) is 5.91 Å². The number of aliphatic hydroxyl groups excluding tert-OH is 1. The molecule has 0 saturated carbocycles. The number of nitrogens with zero attached hydrogens (tertiary/aromatic N) is 2. The lowest BCUT2D eigenvalue weighted by Crippen LogP contribution is -2.32. The van der Waals surface area contributed by atoms with Crippen molar-refractivity contribution >= 4 is 11.7 Å². The summed E-state index contributed by atoms with van der Waals surface area (Å²) in [6.45, 7) is 4.83. The van der Waals surface area contributed by atoms with Crippen molar-refractivity contribution in [1.29, 1.82) is 0 Å². The Morgan fingerprint density at radius 1 is 1.39 bits per heavy atom. The molecule has 0 spiro atoms. The minimum atomic E-state index is -0.596. The fourth-order valence-electron chi connectivity index (χ4n) is 1.62. The van der Waals surface area contributed by atoms with E-state index in [0.29, 0.717) is 12.4 Å². The molecule has 0 aromatic carbocycles. The molecule has 0 atom stereocenters. The first-order chi connectivity index (χ1) is 8.56. The molecule has 0 radical (unpaired) electrons. The van der Waals surface area contributed by atoms with E-state index in [0.717, 1.165) is 12.8 Å². The van der Waals surface area contributed by atoms with E-state index in [1.807, 2.05) is 13.8 Å². The predicted octanol–water partition coefficient (Wildman–Crippen LogP) is 0.786. The average molecular weight is 252 g/mol. The number of hydrogen-bond donors (Lipinski definition) is 3. The SMILES string of the molecule is CCC(CC)(CO)CNc1ccc(C(N)=O)nn1. The van der Waals surface area contributed by atoms with Gasteiger partial charge in [0.05, 0.1) is 6.61 Å². The van der Waals surface area contributed by atoms with Gasteiger partial charge in [0.15, 0.2) is 5.69 Å². The molecule has 18 heavy (non-hydrogen) atoms. The van der Waals surface area contributed by atoms with Crippen LogP contribution in [0.4, 0.5) is 5.82 Å². The van der Waals surface area contributed by atoms with Crippen molar-refractivity contribution in [2.45, 2.75) is 26.7 Å². The van der Waals surface area contributed by atoms with Crippen molar-refractivity contribution in [2.75, 3.05) is 18.5 Å². The Balaban J connectivity index is 2.65. The minimum Gasteiger partial charge on any atom is -0.396 e. The number of carbonyl (C=O) groups excluding carboxylic acids is 1. The molecule has 0 saturated heterocycles. The van der Waals surface area contributed by atoms with Crippen LogP contribution in [-0.2, 0) is 0 Å². The van der Waals surface area contributed by atoms with E-state index in [-0.39, 0.29) is 17.7 Å². The first-order valence-electron chi connectivity index (χ1n) is 6.05. The Labute approximate surface area is 107 Å². The maximum atomic E-state index is 10.8. The third-order valence-corrected chi connectivity index (χ3v) is 3.40. The number of rotatable bonds is 7. The zero-order valence-corrected chi connectivity index (χ0v) is 10.8. The first-order valence-corrected chi connectivity index (χ1v) is 6.05. The van der Waals surface area contributed by atoms with Crippen molar-refractivity contribution in [3.8, 4) is 0 Å². The van der Waals surface area contributed by atoms with E-state index in [2.05, 4.69) is 15.5 Å². The number of nitrogens with two attached hydrogens (primary N) is 1. The van der Waals surface area contributed by atoms with Gasteiger partial charge in [0.1, 0.15) is 5.82 Å². The van der Waals surface area contributed by atoms with Gasteiger partial charge in [-0.25, -0.2) is 0 Å². The molecule has 1 heterocycles. The fraction of sp³-hybridized carbons (Fsp3) is 0.583. The summed E-state index contributed by atoms with van der Waals surface area (Å²) >= 11 is 0. The highest BCUT2D eigenvalue weighted by atomic mass is 16.3. The summed E-state index contributed by atoms with van der Waals surface area (Å²) in [7, 11) is 0. The van der Waals surface area contributed by atoms with Crippen LogP contribution in [0.2, 0.25) is 0 Å². The Kier molecular flexibility index (Phi) is 5.03. The summed E-state index contributed by atoms with van der Waals surface area (Å²) in [6, 6.07) is 3.18. The van der Waals surface area contributed by atoms with Gasteiger partial charge in [-0.3, -0.25) is 4.79 Å². The molecule has 0 unspecified atom stereocenters. The second-order valence-electron chi connectivity index (χ2n) is 4.39. The zero-order chi connectivity index (χ0) is 13.6. The van der Waals surface area contributed by atoms with Crippen molar-refractivity contribution in [3.63, 3.8) is 0 Å². The van der Waals surface area contributed by atoms with E-state index >= 15 is 0 Å². The predicted molar refractivity (Wildman–Crippen MR) is 69.1 cm³/mol. The molecule has 0 aliphatic heterocycles. The molecule has 0 aliphatic rings. The van der Waals surface area contributed by atoms with Gasteiger partial charge in [0, 0.05) is 12.0 Å². The Bertz CT molecular complexity index is 379. The van der Waals surface area contributed by atoms with Crippen LogP contribution in [-0.4, -0.2) is 34.4 Å². The smallest absolute Gasteiger partial charge is 0.269 e. The van der Waals surface area contributed by atoms with Crippen LogP contribution < -0.4 is 11.1 Å². The summed E-state index contributed by atoms with van der Waals surface area (Å²) in [4.78, 5) is 10.8. The Morgan fingerprint density at radius 3 is 2.44 bits per heavy atom. The van der Waals surface area contributed by atoms with Crippen LogP contribution in [0.5, 0.6) is 0 Å². The number of aliphatic hydroxyl groups is 1. The summed E-state index contributed by atoms with van der Waals surface area (Å²) < 4.78 is 0. The van der Waals surface area contributed by atoms with E-state index in [1.54, 1.807) is 6.07 Å². The van der Waals surface area contributed by atoms with E-state index < -0.39 is 5.91 Å². The highest BCUT2D eigenvalue weighted by Gasteiger charge is 2.25. The lowest BCUT2D eigenvalue weighted by molar-refractivity contribution is 0.0994. The largest absolute Gasteiger partial charge is 0.396 e. The maximum absolute atomic E-state index is 10.8. The van der Waals surface area contributed by atoms with E-state index in [9.17, 15) is 9.90 Å². The molecule has 0 aliphatic carbocycles. The van der Waals surface area contributed by atoms with Gasteiger partial charge in [-0.05, 0) is 25.0 Å². The van der Waals surface area contributed by atoms with Crippen LogP contribution >= 0.6 is 0 Å². The van der Waals surface area contributed by atoms with E-state index in [1.165, 1.54) is 6.07 Å². The van der Waals surface area contributed by atoms with Gasteiger partial charge in [-0.1, -0.05) is 13.8 Å². The Hall–Kier alpha value is -1.69. The molecule has 0 fully saturated rings. The molecule has 1 aromatic heterocycles. The third kappa shape index (κ3) is 3.40. The molecular formula is C12H20N4O2. The number of anilines is 1. The quantitative estimate of drug-likeness (QED) is 0.666. The standard InChI is InChI=1S/C12H20N4O2/c1-3-12(4-2,8-17)7-14-10-6-5-9(11(13)18)15-16-10/h5-6,17H,3-4,7-8H2,1-2H3,(H2,13,18)(H,14,16). The topological polar surface area (TPSA) is 101 Å². The van der Waals surface area contributed by atoms with Crippen molar-refractivity contribution in [3.05, 3.63) is 17.8 Å². The molecule has 4 N–H and O–H groups in total. The van der Waals surface area contributed by atoms with Crippen molar-refractivity contribution < 1.29 is 9.90 Å². The van der Waals surface area contributed by atoms with Crippen LogP contribution in [0.3, 0.4) is 0 Å². The molecular weight excluding hydrogens is 232 g/mol. The highest BCUT2D eigenvalue weighted by Crippen LogP contribution is 2.25. The number of hydrogen-bond acceptors (Lipinski definition) is 5. The molecule has 1 amide bonds. The summed E-state index contributed by atoms with van der Waals surface area (Å²) in [5, 5.41) is 20.1. The van der Waals surface area contributed by atoms with Gasteiger partial charge in [0.2, 0.25) is 0 Å². The molecule has 100 valence electrons. The number of aromatic nitrogens is 2. The molecule has 1 aromatic rings. The second kappa shape index (κ2) is 6.30. The van der Waals surface area contributed by atoms with Crippen LogP contribution in [0, 0.1) is 5.41 Å². The van der Waals surface area contributed by atoms with Crippen LogP contribution in [0.15, 0.2) is 12.1 Å². The number of nitrogens with one attached hydrogen (secondary N) is 1. The number of primary amides is 1. The minimum absolute atomic E-state index is 0.125. The Morgan fingerprint density at radius 2 is 2.06 bits per heavy atom. The summed E-state index contributed by atoms with van der Waals surface area (Å²) in [5.41, 5.74) is 5.07. The lowest BCUT2D eigenvalue weighted by atomic mass is 9.83. The van der Waals surface area contributed by atoms with Gasteiger partial charge >= 0.3 is 0 Å². The number of carbonyl (C=O) groups is 1. The van der Waals surface area contributed by atoms with Crippen molar-refractivity contribution in [1.82, 2.24) is 10.2 Å². The van der Waals surface area contributed by atoms with Gasteiger partial charge < -0.3 is 16.2 Å². The molecule has 0 bridgehead atoms. The lowest BCUT2D eigenvalue weighted by Gasteiger charge is -2.29. The number of amides is 1. The van der Waals surface area contributed by atoms with Gasteiger partial charge in [-0.15, -0.1) is 10.2 Å². The van der Waals surface area contributed by atoms with E-state index in [4.69, 9.17) is 5.73 Å². The molecule has 6 heteroatoms. The zero-order valence-electron chi connectivity index (χ0n) is 10.8. The van der Waals surface area contributed by atoms with Crippen LogP contribution in [0.1, 0.15) is 37.2 Å². The molecule has 6 nitrogen and oxygen atoms in total. The third-order valence-electron chi connectivity index (χ3n) is 3.40. The maximum Gasteiger partial charge on any atom is 0.269 e. The second-order valence-corrected chi connectivity index (χ2v) is 4.39.